The first-order chi connectivity index (χ1) is 27.5. The number of para-hydroxylation sites is 1. The van der Waals surface area contributed by atoms with E-state index in [-0.39, 0.29) is 17.5 Å². The minimum atomic E-state index is -0.0367. The van der Waals surface area contributed by atoms with Crippen LogP contribution in [-0.2, 0) is 11.8 Å². The predicted octanol–water partition coefficient (Wildman–Crippen LogP) is 11.9. The number of allylic oxidation sites excluding steroid dienone is 6. The van der Waals surface area contributed by atoms with E-state index < -0.39 is 0 Å². The monoisotopic (exact) mass is 727 g/mol. The number of furan rings is 1. The van der Waals surface area contributed by atoms with Crippen LogP contribution in [0.25, 0.3) is 50.8 Å². The van der Waals surface area contributed by atoms with Crippen molar-refractivity contribution in [2.75, 3.05) is 0 Å². The van der Waals surface area contributed by atoms with Gasteiger partial charge in [-0.25, -0.2) is 0 Å². The maximum atomic E-state index is 7.00. The average molecular weight is 728 g/mol. The summed E-state index contributed by atoms with van der Waals surface area (Å²) in [6.45, 7) is 4.77. The molecule has 5 aliphatic carbocycles. The van der Waals surface area contributed by atoms with Crippen LogP contribution >= 0.6 is 0 Å². The lowest BCUT2D eigenvalue weighted by molar-refractivity contribution is 0.170. The van der Waals surface area contributed by atoms with Gasteiger partial charge in [0.1, 0.15) is 5.76 Å². The van der Waals surface area contributed by atoms with Gasteiger partial charge in [0, 0.05) is 51.5 Å². The number of hydrogen-bond donors (Lipinski definition) is 1. The Kier molecular flexibility index (Phi) is 7.07. The Morgan fingerprint density at radius 1 is 0.768 bits per heavy atom. The van der Waals surface area contributed by atoms with Gasteiger partial charge in [0.2, 0.25) is 0 Å². The highest BCUT2D eigenvalue weighted by Gasteiger charge is 2.43. The Balaban J connectivity index is 0.942. The lowest BCUT2D eigenvalue weighted by atomic mass is 9.81. The molecule has 6 aliphatic rings. The summed E-state index contributed by atoms with van der Waals surface area (Å²) in [6.07, 6.45) is 29.9. The first kappa shape index (κ1) is 32.6. The van der Waals surface area contributed by atoms with Gasteiger partial charge >= 0.3 is 0 Å². The molecule has 1 aliphatic heterocycles. The van der Waals surface area contributed by atoms with E-state index >= 15 is 0 Å². The summed E-state index contributed by atoms with van der Waals surface area (Å²) in [4.78, 5) is 2.68. The Bertz CT molecular complexity index is 2800. The Morgan fingerprint density at radius 2 is 1.64 bits per heavy atom. The van der Waals surface area contributed by atoms with E-state index in [1.54, 1.807) is 0 Å². The molecule has 4 aromatic carbocycles. The maximum Gasteiger partial charge on any atom is 0.159 e. The third-order valence-electron chi connectivity index (χ3n) is 13.7. The van der Waals surface area contributed by atoms with Crippen molar-refractivity contribution in [1.29, 1.82) is 0 Å². The second-order valence-corrected chi connectivity index (χ2v) is 17.0. The van der Waals surface area contributed by atoms with Gasteiger partial charge in [-0.15, -0.1) is 0 Å². The summed E-state index contributed by atoms with van der Waals surface area (Å²) in [5.74, 6) is 1.24. The molecule has 0 amide bonds. The topological polar surface area (TPSA) is 33.3 Å². The largest absolute Gasteiger partial charge is 0.454 e. The number of aromatic nitrogens is 1. The fourth-order valence-electron chi connectivity index (χ4n) is 11.1. The number of aryl methyl sites for hydroxylation is 1. The van der Waals surface area contributed by atoms with Crippen LogP contribution in [0.15, 0.2) is 150 Å². The molecule has 5 unspecified atom stereocenters. The molecular formula is C52H45N3O. The van der Waals surface area contributed by atoms with E-state index in [2.05, 4.69) is 180 Å². The molecule has 3 heterocycles. The molecule has 1 N–H and O–H groups in total. The van der Waals surface area contributed by atoms with Crippen LogP contribution in [0.3, 0.4) is 0 Å². The van der Waals surface area contributed by atoms with Crippen LogP contribution in [0, 0.1) is 0 Å². The molecule has 12 rings (SSSR count). The number of nitrogens with one attached hydrogen (secondary N) is 1. The molecule has 0 bridgehead atoms. The Labute approximate surface area is 328 Å². The van der Waals surface area contributed by atoms with E-state index in [9.17, 15) is 0 Å². The predicted molar refractivity (Wildman–Crippen MR) is 230 cm³/mol. The van der Waals surface area contributed by atoms with Gasteiger partial charge in [0.15, 0.2) is 5.58 Å². The van der Waals surface area contributed by atoms with Crippen LogP contribution in [-0.4, -0.2) is 27.6 Å². The standard InChI is InChI=1S/C52H45N3O/c1-52(2)41-20-8-6-16-36(41)39-31-47-40(30-42(39)52)37-17-7-10-22-44(37)55(47)46-24-12-19-38-49-35(18-13-25-48(49)56-50(38)46)32-26-28-34(29-27-32)54-45-23-11-9-21-43(45)53-51(54)33-14-4-3-5-15-33/h3-6,8-16,19-28,30-31,34-35,43,45,51,53H,7,17-18,29H2,1-2H3. The minimum Gasteiger partial charge on any atom is -0.454 e. The first-order valence-electron chi connectivity index (χ1n) is 20.6. The number of rotatable bonds is 4. The quantitative estimate of drug-likeness (QED) is 0.196. The zero-order valence-corrected chi connectivity index (χ0v) is 32.0. The molecule has 1 fully saturated rings. The van der Waals surface area contributed by atoms with Gasteiger partial charge in [0.25, 0.3) is 0 Å². The van der Waals surface area contributed by atoms with Crippen molar-refractivity contribution in [2.45, 2.75) is 75.2 Å². The lowest BCUT2D eigenvalue weighted by Gasteiger charge is -2.36. The van der Waals surface area contributed by atoms with Gasteiger partial charge in [-0.05, 0) is 95.0 Å². The molecule has 274 valence electrons. The van der Waals surface area contributed by atoms with E-state index in [1.807, 2.05) is 0 Å². The van der Waals surface area contributed by atoms with Gasteiger partial charge in [-0.3, -0.25) is 10.2 Å². The number of hydrogen-bond acceptors (Lipinski definition) is 3. The molecule has 1 saturated heterocycles. The zero-order chi connectivity index (χ0) is 37.1. The van der Waals surface area contributed by atoms with Gasteiger partial charge in [0.05, 0.1) is 17.4 Å². The molecule has 56 heavy (non-hydrogen) atoms. The highest BCUT2D eigenvalue weighted by molar-refractivity contribution is 6.00. The van der Waals surface area contributed by atoms with Crippen molar-refractivity contribution in [2.24, 2.45) is 0 Å². The molecule has 4 nitrogen and oxygen atoms in total. The van der Waals surface area contributed by atoms with Crippen molar-refractivity contribution in [1.82, 2.24) is 14.8 Å². The second kappa shape index (κ2) is 12.2. The molecule has 0 spiro atoms. The molecule has 4 heteroatoms. The number of nitrogens with zero attached hydrogens (tertiary/aromatic N) is 2. The molecule has 0 saturated carbocycles. The maximum absolute atomic E-state index is 7.00. The fourth-order valence-corrected chi connectivity index (χ4v) is 11.1. The highest BCUT2D eigenvalue weighted by atomic mass is 16.3. The van der Waals surface area contributed by atoms with Crippen molar-refractivity contribution >= 4 is 34.0 Å². The summed E-state index contributed by atoms with van der Waals surface area (Å²) in [7, 11) is 0. The molecule has 0 radical (unpaired) electrons. The van der Waals surface area contributed by atoms with Gasteiger partial charge < -0.3 is 8.98 Å². The van der Waals surface area contributed by atoms with Crippen molar-refractivity contribution in [3.63, 3.8) is 0 Å². The first-order valence-corrected chi connectivity index (χ1v) is 20.6. The van der Waals surface area contributed by atoms with Gasteiger partial charge in [-0.1, -0.05) is 135 Å². The second-order valence-electron chi connectivity index (χ2n) is 17.0. The normalized spacial score (nSPS) is 25.3. The van der Waals surface area contributed by atoms with Crippen LogP contribution in [0.4, 0.5) is 0 Å². The summed E-state index contributed by atoms with van der Waals surface area (Å²) < 4.78 is 9.50. The van der Waals surface area contributed by atoms with E-state index in [1.165, 1.54) is 66.5 Å². The van der Waals surface area contributed by atoms with Crippen molar-refractivity contribution in [3.8, 4) is 16.8 Å². The van der Waals surface area contributed by atoms with Gasteiger partial charge in [-0.2, -0.15) is 0 Å². The van der Waals surface area contributed by atoms with Crippen LogP contribution in [0.2, 0.25) is 0 Å². The third-order valence-corrected chi connectivity index (χ3v) is 13.7. The number of fused-ring (bicyclic) bond motifs is 10. The van der Waals surface area contributed by atoms with Crippen LogP contribution < -0.4 is 5.32 Å². The van der Waals surface area contributed by atoms with Crippen LogP contribution in [0.5, 0.6) is 0 Å². The lowest BCUT2D eigenvalue weighted by Crippen LogP contribution is -2.42. The molecule has 2 aromatic heterocycles. The summed E-state index contributed by atoms with van der Waals surface area (Å²) in [5, 5.41) is 6.53. The van der Waals surface area contributed by atoms with E-state index in [4.69, 9.17) is 4.42 Å². The fraction of sp³-hybridized carbons (Fsp3) is 0.231. The van der Waals surface area contributed by atoms with Crippen molar-refractivity contribution in [3.05, 3.63) is 184 Å². The Hall–Kier alpha value is -5.68. The summed E-state index contributed by atoms with van der Waals surface area (Å²) in [6, 6.07) is 32.6. The smallest absolute Gasteiger partial charge is 0.159 e. The Morgan fingerprint density at radius 3 is 2.54 bits per heavy atom. The van der Waals surface area contributed by atoms with Crippen molar-refractivity contribution < 1.29 is 4.42 Å². The average Bonchev–Trinajstić information content (AvgIpc) is 3.98. The zero-order valence-electron chi connectivity index (χ0n) is 32.0. The number of benzene rings is 4. The molecule has 6 aromatic rings. The summed E-state index contributed by atoms with van der Waals surface area (Å²) >= 11 is 0. The summed E-state index contributed by atoms with van der Waals surface area (Å²) in [5.41, 5.74) is 15.7. The third kappa shape index (κ3) is 4.60. The SMILES string of the molecule is CC1(C)c2ccccc2-c2cc3c(cc21)c1c(n3-c2cccc3c4c(oc23)C=CCC4C2=CCC(N3C(c4ccccc4)NC4C=CC=CC43)C=C2)C=CCC1. The van der Waals surface area contributed by atoms with Crippen LogP contribution in [0.1, 0.15) is 84.5 Å². The molecule has 5 atom stereocenters. The van der Waals surface area contributed by atoms with E-state index in [0.717, 1.165) is 42.7 Å². The van der Waals surface area contributed by atoms with E-state index in [0.29, 0.717) is 18.1 Å². The molecular weight excluding hydrogens is 683 g/mol. The highest BCUT2D eigenvalue weighted by Crippen LogP contribution is 2.52. The minimum absolute atomic E-state index is 0.0367.